The van der Waals surface area contributed by atoms with Gasteiger partial charge in [0.05, 0.1) is 12.4 Å². The summed E-state index contributed by atoms with van der Waals surface area (Å²) >= 11 is 1.48. The van der Waals surface area contributed by atoms with Crippen LogP contribution in [-0.4, -0.2) is 59.7 Å². The third-order valence-electron chi connectivity index (χ3n) is 2.52. The Labute approximate surface area is 99.1 Å². The summed E-state index contributed by atoms with van der Waals surface area (Å²) in [5.74, 6) is 0.125. The van der Waals surface area contributed by atoms with Crippen molar-refractivity contribution >= 4 is 23.6 Å². The van der Waals surface area contributed by atoms with Gasteiger partial charge < -0.3 is 14.7 Å². The largest absolute Gasteiger partial charge is 0.480 e. The van der Waals surface area contributed by atoms with E-state index < -0.39 is 12.0 Å². The maximum atomic E-state index is 11.7. The smallest absolute Gasteiger partial charge is 0.326 e. The molecule has 0 aliphatic carbocycles. The van der Waals surface area contributed by atoms with Gasteiger partial charge in [-0.15, -0.1) is 11.8 Å². The predicted octanol–water partition coefficient (Wildman–Crippen LogP) is 0.442. The molecule has 0 saturated carbocycles. The first-order valence-corrected chi connectivity index (χ1v) is 6.41. The summed E-state index contributed by atoms with van der Waals surface area (Å²) < 4.78 is 4.87. The fourth-order valence-electron chi connectivity index (χ4n) is 1.71. The van der Waals surface area contributed by atoms with Crippen molar-refractivity contribution in [3.05, 3.63) is 0 Å². The Morgan fingerprint density at radius 1 is 1.56 bits per heavy atom. The summed E-state index contributed by atoms with van der Waals surface area (Å²) in [5, 5.41) is 8.92. The Balaban J connectivity index is 2.32. The van der Waals surface area contributed by atoms with E-state index in [1.807, 2.05) is 0 Å². The monoisotopic (exact) mass is 247 g/mol. The number of nitrogens with zero attached hydrogens (tertiary/aromatic N) is 1. The lowest BCUT2D eigenvalue weighted by atomic mass is 10.2. The zero-order valence-corrected chi connectivity index (χ0v) is 10.2. The van der Waals surface area contributed by atoms with Crippen LogP contribution in [0.4, 0.5) is 0 Å². The third kappa shape index (κ3) is 3.68. The lowest BCUT2D eigenvalue weighted by Crippen LogP contribution is -2.41. The van der Waals surface area contributed by atoms with Gasteiger partial charge in [0, 0.05) is 19.4 Å². The van der Waals surface area contributed by atoms with Crippen molar-refractivity contribution in [2.24, 2.45) is 0 Å². The van der Waals surface area contributed by atoms with Crippen LogP contribution in [-0.2, 0) is 14.3 Å². The molecule has 92 valence electrons. The average molecular weight is 247 g/mol. The fraction of sp³-hybridized carbons (Fsp3) is 0.800. The number of carboxylic acids is 1. The first-order valence-electron chi connectivity index (χ1n) is 5.25. The van der Waals surface area contributed by atoms with Crippen LogP contribution in [0, 0.1) is 0 Å². The van der Waals surface area contributed by atoms with Gasteiger partial charge in [0.2, 0.25) is 5.91 Å². The Bertz CT molecular complexity index is 259. The molecule has 5 nitrogen and oxygen atoms in total. The number of likely N-dealkylation sites (tertiary alicyclic amines) is 1. The highest BCUT2D eigenvalue weighted by molar-refractivity contribution is 7.99. The second-order valence-electron chi connectivity index (χ2n) is 3.63. The number of ether oxygens (including phenoxy) is 1. The molecule has 0 aromatic heterocycles. The minimum absolute atomic E-state index is 0.0778. The van der Waals surface area contributed by atoms with E-state index in [2.05, 4.69) is 0 Å². The highest BCUT2D eigenvalue weighted by atomic mass is 32.2. The molecule has 6 heteroatoms. The molecule has 1 atom stereocenters. The molecule has 1 aliphatic rings. The molecule has 1 heterocycles. The van der Waals surface area contributed by atoms with Gasteiger partial charge in [0.15, 0.2) is 0 Å². The van der Waals surface area contributed by atoms with E-state index in [1.54, 1.807) is 7.11 Å². The Kier molecular flexibility index (Phi) is 5.62. The minimum atomic E-state index is -0.896. The van der Waals surface area contributed by atoms with Crippen molar-refractivity contribution in [1.29, 1.82) is 0 Å². The number of methoxy groups -OCH3 is 1. The minimum Gasteiger partial charge on any atom is -0.480 e. The normalized spacial score (nSPS) is 20.1. The van der Waals surface area contributed by atoms with Gasteiger partial charge in [-0.25, -0.2) is 4.79 Å². The second-order valence-corrected chi connectivity index (χ2v) is 4.73. The zero-order chi connectivity index (χ0) is 12.0. The summed E-state index contributed by atoms with van der Waals surface area (Å²) in [6.45, 7) is 1.18. The maximum absolute atomic E-state index is 11.7. The maximum Gasteiger partial charge on any atom is 0.326 e. The molecule has 1 aliphatic heterocycles. The highest BCUT2D eigenvalue weighted by Gasteiger charge is 2.33. The summed E-state index contributed by atoms with van der Waals surface area (Å²) in [4.78, 5) is 24.1. The van der Waals surface area contributed by atoms with Gasteiger partial charge in [-0.2, -0.15) is 0 Å². The van der Waals surface area contributed by atoms with Crippen LogP contribution < -0.4 is 0 Å². The SMILES string of the molecule is COCCSCC(=O)N1CCC[C@@H]1C(=O)O. The van der Waals surface area contributed by atoms with E-state index in [9.17, 15) is 9.59 Å². The number of aliphatic carboxylic acids is 1. The quantitative estimate of drug-likeness (QED) is 0.690. The summed E-state index contributed by atoms with van der Waals surface area (Å²) in [6, 6.07) is -0.615. The first kappa shape index (κ1) is 13.3. The molecule has 0 aromatic carbocycles. The van der Waals surface area contributed by atoms with Crippen LogP contribution in [0.2, 0.25) is 0 Å². The molecule has 0 aromatic rings. The van der Waals surface area contributed by atoms with Crippen LogP contribution in [0.3, 0.4) is 0 Å². The first-order chi connectivity index (χ1) is 7.66. The van der Waals surface area contributed by atoms with Crippen molar-refractivity contribution in [3.8, 4) is 0 Å². The Hall–Kier alpha value is -0.750. The van der Waals surface area contributed by atoms with Gasteiger partial charge in [0.25, 0.3) is 0 Å². The van der Waals surface area contributed by atoms with E-state index >= 15 is 0 Å². The summed E-state index contributed by atoms with van der Waals surface area (Å²) in [5.41, 5.74) is 0. The number of carbonyl (C=O) groups excluding carboxylic acids is 1. The van der Waals surface area contributed by atoms with Crippen LogP contribution in [0.25, 0.3) is 0 Å². The molecule has 1 fully saturated rings. The topological polar surface area (TPSA) is 66.8 Å². The summed E-state index contributed by atoms with van der Waals surface area (Å²) in [7, 11) is 1.61. The number of hydrogen-bond donors (Lipinski definition) is 1. The Morgan fingerprint density at radius 2 is 2.31 bits per heavy atom. The molecule has 1 rings (SSSR count). The lowest BCUT2D eigenvalue weighted by molar-refractivity contribution is -0.147. The van der Waals surface area contributed by atoms with Gasteiger partial charge in [-0.05, 0) is 12.8 Å². The van der Waals surface area contributed by atoms with Gasteiger partial charge in [-0.3, -0.25) is 4.79 Å². The van der Waals surface area contributed by atoms with E-state index in [0.29, 0.717) is 25.3 Å². The van der Waals surface area contributed by atoms with Gasteiger partial charge in [0.1, 0.15) is 6.04 Å². The number of thioether (sulfide) groups is 1. The van der Waals surface area contributed by atoms with Gasteiger partial charge >= 0.3 is 5.97 Å². The van der Waals surface area contributed by atoms with Crippen molar-refractivity contribution in [3.63, 3.8) is 0 Å². The van der Waals surface area contributed by atoms with Crippen molar-refractivity contribution in [1.82, 2.24) is 4.90 Å². The molecule has 1 amide bonds. The van der Waals surface area contributed by atoms with E-state index in [1.165, 1.54) is 16.7 Å². The predicted molar refractivity (Wildman–Crippen MR) is 61.6 cm³/mol. The molecular formula is C10H17NO4S. The number of rotatable bonds is 6. The molecule has 1 saturated heterocycles. The van der Waals surface area contributed by atoms with Crippen LogP contribution in [0.1, 0.15) is 12.8 Å². The second kappa shape index (κ2) is 6.75. The molecule has 0 bridgehead atoms. The van der Waals surface area contributed by atoms with Gasteiger partial charge in [-0.1, -0.05) is 0 Å². The van der Waals surface area contributed by atoms with Crippen LogP contribution >= 0.6 is 11.8 Å². The third-order valence-corrected chi connectivity index (χ3v) is 3.42. The number of amides is 1. The number of carboxylic acid groups (broad SMARTS) is 1. The zero-order valence-electron chi connectivity index (χ0n) is 9.35. The van der Waals surface area contributed by atoms with Crippen LogP contribution in [0.15, 0.2) is 0 Å². The number of hydrogen-bond acceptors (Lipinski definition) is 4. The van der Waals surface area contributed by atoms with E-state index in [4.69, 9.17) is 9.84 Å². The molecule has 0 radical (unpaired) electrons. The van der Waals surface area contributed by atoms with E-state index in [0.717, 1.165) is 12.2 Å². The average Bonchev–Trinajstić information content (AvgIpc) is 2.73. The van der Waals surface area contributed by atoms with Crippen molar-refractivity contribution in [2.75, 3.05) is 31.8 Å². The van der Waals surface area contributed by atoms with Crippen molar-refractivity contribution < 1.29 is 19.4 Å². The van der Waals surface area contributed by atoms with Crippen LogP contribution in [0.5, 0.6) is 0 Å². The van der Waals surface area contributed by atoms with E-state index in [-0.39, 0.29) is 5.91 Å². The standard InChI is InChI=1S/C10H17NO4S/c1-15-5-6-16-7-9(12)11-4-2-3-8(11)10(13)14/h8H,2-7H2,1H3,(H,13,14)/t8-/m1/s1. The summed E-state index contributed by atoms with van der Waals surface area (Å²) in [6.07, 6.45) is 1.36. The molecule has 16 heavy (non-hydrogen) atoms. The molecule has 1 N–H and O–H groups in total. The van der Waals surface area contributed by atoms with Crippen molar-refractivity contribution in [2.45, 2.75) is 18.9 Å². The molecular weight excluding hydrogens is 230 g/mol. The Morgan fingerprint density at radius 3 is 2.94 bits per heavy atom. The number of carbonyl (C=O) groups is 2. The highest BCUT2D eigenvalue weighted by Crippen LogP contribution is 2.18. The fourth-order valence-corrected chi connectivity index (χ4v) is 2.48. The lowest BCUT2D eigenvalue weighted by Gasteiger charge is -2.21. The molecule has 0 unspecified atom stereocenters. The molecule has 0 spiro atoms.